The summed E-state index contributed by atoms with van der Waals surface area (Å²) in [5.74, 6) is 3.94. The molecule has 0 bridgehead atoms. The van der Waals surface area contributed by atoms with Crippen molar-refractivity contribution in [3.63, 3.8) is 0 Å². The van der Waals surface area contributed by atoms with E-state index in [2.05, 4.69) is 10.9 Å². The van der Waals surface area contributed by atoms with E-state index < -0.39 is 0 Å². The van der Waals surface area contributed by atoms with Crippen LogP contribution in [0.25, 0.3) is 10.2 Å². The van der Waals surface area contributed by atoms with Gasteiger partial charge in [0.15, 0.2) is 4.80 Å². The van der Waals surface area contributed by atoms with E-state index in [1.165, 1.54) is 24.2 Å². The lowest BCUT2D eigenvalue weighted by atomic mass is 10.0. The Morgan fingerprint density at radius 2 is 2.25 bits per heavy atom. The van der Waals surface area contributed by atoms with Gasteiger partial charge >= 0.3 is 0 Å². The van der Waals surface area contributed by atoms with Gasteiger partial charge in [-0.3, -0.25) is 4.79 Å². The van der Waals surface area contributed by atoms with Crippen LogP contribution in [0.1, 0.15) is 39.0 Å². The van der Waals surface area contributed by atoms with Crippen LogP contribution in [-0.4, -0.2) is 17.1 Å². The van der Waals surface area contributed by atoms with Gasteiger partial charge in [-0.15, -0.1) is 6.42 Å². The molecule has 0 N–H and O–H groups in total. The molecule has 1 amide bonds. The van der Waals surface area contributed by atoms with E-state index >= 15 is 0 Å². The number of amides is 1. The molecule has 2 aromatic rings. The van der Waals surface area contributed by atoms with Gasteiger partial charge in [0.25, 0.3) is 0 Å². The number of rotatable bonds is 5. The number of hydrogen-bond acceptors (Lipinski definition) is 3. The van der Waals surface area contributed by atoms with Crippen molar-refractivity contribution in [3.8, 4) is 18.1 Å². The zero-order valence-electron chi connectivity index (χ0n) is 14.0. The van der Waals surface area contributed by atoms with Crippen molar-refractivity contribution in [2.24, 2.45) is 10.9 Å². The third-order valence-corrected chi connectivity index (χ3v) is 5.41. The third kappa shape index (κ3) is 3.70. The SMILES string of the molecule is C#CCn1c(=NC(=O)CC2CCCC2)sc2cc(OCC)ccc21. The summed E-state index contributed by atoms with van der Waals surface area (Å²) in [6, 6.07) is 5.89. The van der Waals surface area contributed by atoms with Crippen LogP contribution in [0.4, 0.5) is 0 Å². The van der Waals surface area contributed by atoms with E-state index in [0.29, 0.717) is 30.3 Å². The Morgan fingerprint density at radius 1 is 1.46 bits per heavy atom. The third-order valence-electron chi connectivity index (χ3n) is 4.37. The lowest BCUT2D eigenvalue weighted by molar-refractivity contribution is -0.118. The summed E-state index contributed by atoms with van der Waals surface area (Å²) in [6.45, 7) is 2.99. The minimum absolute atomic E-state index is 0.0377. The first-order valence-electron chi connectivity index (χ1n) is 8.48. The number of ether oxygens (including phenoxy) is 1. The number of carbonyl (C=O) groups excluding carboxylic acids is 1. The summed E-state index contributed by atoms with van der Waals surface area (Å²) >= 11 is 1.49. The van der Waals surface area contributed by atoms with Crippen molar-refractivity contribution >= 4 is 27.5 Å². The zero-order valence-corrected chi connectivity index (χ0v) is 14.8. The molecular formula is C19H22N2O2S. The lowest BCUT2D eigenvalue weighted by Gasteiger charge is -2.04. The van der Waals surface area contributed by atoms with Crippen molar-refractivity contribution in [1.82, 2.24) is 4.57 Å². The lowest BCUT2D eigenvalue weighted by Crippen LogP contribution is -2.17. The largest absolute Gasteiger partial charge is 0.494 e. The van der Waals surface area contributed by atoms with Crippen LogP contribution in [0.2, 0.25) is 0 Å². The highest BCUT2D eigenvalue weighted by molar-refractivity contribution is 7.16. The molecule has 1 fully saturated rings. The van der Waals surface area contributed by atoms with Crippen molar-refractivity contribution in [1.29, 1.82) is 0 Å². The first kappa shape index (κ1) is 16.8. The van der Waals surface area contributed by atoms with E-state index in [1.54, 1.807) is 0 Å². The van der Waals surface area contributed by atoms with Gasteiger partial charge in [-0.2, -0.15) is 4.99 Å². The molecule has 0 atom stereocenters. The standard InChI is InChI=1S/C19H22N2O2S/c1-3-11-21-16-10-9-15(23-4-2)13-17(16)24-19(21)20-18(22)12-14-7-5-6-8-14/h1,9-10,13-14H,4-8,11-12H2,2H3. The quantitative estimate of drug-likeness (QED) is 0.777. The fraction of sp³-hybridized carbons (Fsp3) is 0.474. The number of thiazole rings is 1. The van der Waals surface area contributed by atoms with Crippen LogP contribution < -0.4 is 9.54 Å². The fourth-order valence-corrected chi connectivity index (χ4v) is 4.33. The number of hydrogen-bond donors (Lipinski definition) is 0. The molecule has 1 aliphatic rings. The van der Waals surface area contributed by atoms with E-state index in [9.17, 15) is 4.79 Å². The smallest absolute Gasteiger partial charge is 0.248 e. The Morgan fingerprint density at radius 3 is 2.96 bits per heavy atom. The topological polar surface area (TPSA) is 43.6 Å². The Balaban J connectivity index is 1.95. The Labute approximate surface area is 146 Å². The number of carbonyl (C=O) groups is 1. The van der Waals surface area contributed by atoms with Gasteiger partial charge in [-0.25, -0.2) is 0 Å². The molecule has 4 nitrogen and oxygen atoms in total. The van der Waals surface area contributed by atoms with Crippen molar-refractivity contribution in [2.75, 3.05) is 6.61 Å². The van der Waals surface area contributed by atoms with Crippen LogP contribution >= 0.6 is 11.3 Å². The number of aromatic nitrogens is 1. The molecule has 1 aromatic carbocycles. The van der Waals surface area contributed by atoms with E-state index in [-0.39, 0.29) is 5.91 Å². The summed E-state index contributed by atoms with van der Waals surface area (Å²) in [5.41, 5.74) is 0.994. The maximum Gasteiger partial charge on any atom is 0.248 e. The normalized spacial score (nSPS) is 15.8. The summed E-state index contributed by atoms with van der Waals surface area (Å²) < 4.78 is 8.52. The first-order chi connectivity index (χ1) is 11.7. The van der Waals surface area contributed by atoms with Gasteiger partial charge in [0.05, 0.1) is 23.4 Å². The van der Waals surface area contributed by atoms with Crippen LogP contribution in [0.15, 0.2) is 23.2 Å². The monoisotopic (exact) mass is 342 g/mol. The average molecular weight is 342 g/mol. The van der Waals surface area contributed by atoms with Crippen LogP contribution in [0.5, 0.6) is 5.75 Å². The highest BCUT2D eigenvalue weighted by Gasteiger charge is 2.18. The molecule has 1 heterocycles. The number of fused-ring (bicyclic) bond motifs is 1. The molecule has 0 aliphatic heterocycles. The Hall–Kier alpha value is -2.06. The molecule has 0 radical (unpaired) electrons. The molecule has 0 spiro atoms. The highest BCUT2D eigenvalue weighted by Crippen LogP contribution is 2.28. The maximum absolute atomic E-state index is 12.3. The van der Waals surface area contributed by atoms with Crippen LogP contribution in [0.3, 0.4) is 0 Å². The second kappa shape index (κ2) is 7.67. The van der Waals surface area contributed by atoms with Gasteiger partial charge in [0, 0.05) is 6.42 Å². The van der Waals surface area contributed by atoms with E-state index in [1.807, 2.05) is 29.7 Å². The van der Waals surface area contributed by atoms with Gasteiger partial charge in [-0.1, -0.05) is 30.1 Å². The molecule has 24 heavy (non-hydrogen) atoms. The molecule has 1 saturated carbocycles. The number of nitrogens with zero attached hydrogens (tertiary/aromatic N) is 2. The van der Waals surface area contributed by atoms with Crippen LogP contribution in [0, 0.1) is 18.3 Å². The molecule has 1 aliphatic carbocycles. The van der Waals surface area contributed by atoms with Gasteiger partial charge in [-0.05, 0) is 43.9 Å². The van der Waals surface area contributed by atoms with Crippen LogP contribution in [-0.2, 0) is 11.3 Å². The number of benzene rings is 1. The number of terminal acetylenes is 1. The second-order valence-electron chi connectivity index (χ2n) is 6.10. The predicted molar refractivity (Wildman–Crippen MR) is 97.0 cm³/mol. The van der Waals surface area contributed by atoms with Gasteiger partial charge < -0.3 is 9.30 Å². The van der Waals surface area contributed by atoms with Gasteiger partial charge in [0.2, 0.25) is 5.91 Å². The fourth-order valence-electron chi connectivity index (χ4n) is 3.25. The summed E-state index contributed by atoms with van der Waals surface area (Å²) in [6.07, 6.45) is 10.8. The first-order valence-corrected chi connectivity index (χ1v) is 9.30. The average Bonchev–Trinajstić information content (AvgIpc) is 3.16. The molecule has 0 saturated heterocycles. The zero-order chi connectivity index (χ0) is 16.9. The maximum atomic E-state index is 12.3. The van der Waals surface area contributed by atoms with Crippen molar-refractivity contribution in [3.05, 3.63) is 23.0 Å². The second-order valence-corrected chi connectivity index (χ2v) is 7.11. The molecule has 0 unspecified atom stereocenters. The Bertz CT molecular complexity index is 835. The summed E-state index contributed by atoms with van der Waals surface area (Å²) in [4.78, 5) is 17.4. The Kier molecular flexibility index (Phi) is 5.37. The molecule has 5 heteroatoms. The van der Waals surface area contributed by atoms with Crippen molar-refractivity contribution < 1.29 is 9.53 Å². The summed E-state index contributed by atoms with van der Waals surface area (Å²) in [7, 11) is 0. The molecule has 3 rings (SSSR count). The minimum atomic E-state index is -0.0377. The molecular weight excluding hydrogens is 320 g/mol. The highest BCUT2D eigenvalue weighted by atomic mass is 32.1. The van der Waals surface area contributed by atoms with E-state index in [0.717, 1.165) is 28.8 Å². The predicted octanol–water partition coefficient (Wildman–Crippen LogP) is 3.74. The van der Waals surface area contributed by atoms with Gasteiger partial charge in [0.1, 0.15) is 5.75 Å². The minimum Gasteiger partial charge on any atom is -0.494 e. The van der Waals surface area contributed by atoms with Crippen molar-refractivity contribution in [2.45, 2.75) is 45.6 Å². The molecule has 126 valence electrons. The molecule has 1 aromatic heterocycles. The summed E-state index contributed by atoms with van der Waals surface area (Å²) in [5, 5.41) is 0. The van der Waals surface area contributed by atoms with E-state index in [4.69, 9.17) is 11.2 Å².